The minimum absolute atomic E-state index is 0.0807. The molecule has 2 amide bonds. The van der Waals surface area contributed by atoms with Crippen molar-refractivity contribution in [2.75, 3.05) is 23.4 Å². The number of rotatable bonds is 6. The minimum atomic E-state index is -0.107. The number of carbonyl (C=O) groups excluding carboxylic acids is 2. The predicted molar refractivity (Wildman–Crippen MR) is 115 cm³/mol. The molecule has 0 unspecified atom stereocenters. The van der Waals surface area contributed by atoms with E-state index in [9.17, 15) is 9.59 Å². The molecule has 6 heteroatoms. The molecule has 1 N–H and O–H groups in total. The average molecular weight is 404 g/mol. The average Bonchev–Trinajstić information content (AvgIpc) is 3.39. The summed E-state index contributed by atoms with van der Waals surface area (Å²) in [5, 5.41) is 2.92. The highest BCUT2D eigenvalue weighted by Gasteiger charge is 2.26. The Morgan fingerprint density at radius 2 is 2.00 bits per heavy atom. The van der Waals surface area contributed by atoms with Crippen LogP contribution in [0.3, 0.4) is 0 Å². The van der Waals surface area contributed by atoms with E-state index in [4.69, 9.17) is 9.15 Å². The number of amides is 2. The molecule has 154 valence electrons. The lowest BCUT2D eigenvalue weighted by Gasteiger charge is -2.16. The van der Waals surface area contributed by atoms with Crippen LogP contribution in [-0.2, 0) is 11.2 Å². The van der Waals surface area contributed by atoms with Crippen LogP contribution < -0.4 is 15.0 Å². The van der Waals surface area contributed by atoms with Gasteiger partial charge in [0.15, 0.2) is 0 Å². The number of anilines is 2. The van der Waals surface area contributed by atoms with E-state index in [-0.39, 0.29) is 18.2 Å². The molecule has 0 bridgehead atoms. The summed E-state index contributed by atoms with van der Waals surface area (Å²) in [6.07, 6.45) is 3.95. The molecule has 0 aliphatic carbocycles. The molecule has 0 fully saturated rings. The van der Waals surface area contributed by atoms with Crippen molar-refractivity contribution >= 4 is 23.2 Å². The number of nitrogens with one attached hydrogen (secondary N) is 1. The van der Waals surface area contributed by atoms with E-state index in [1.807, 2.05) is 44.2 Å². The number of fused-ring (bicyclic) bond motifs is 1. The van der Waals surface area contributed by atoms with Gasteiger partial charge in [-0.25, -0.2) is 0 Å². The number of nitrogens with zero attached hydrogens (tertiary/aromatic N) is 1. The van der Waals surface area contributed by atoms with Crippen LogP contribution in [-0.4, -0.2) is 25.0 Å². The largest absolute Gasteiger partial charge is 0.493 e. The van der Waals surface area contributed by atoms with Gasteiger partial charge in [0.2, 0.25) is 5.91 Å². The number of ether oxygens (including phenoxy) is 1. The van der Waals surface area contributed by atoms with E-state index < -0.39 is 0 Å². The van der Waals surface area contributed by atoms with Gasteiger partial charge in [0.1, 0.15) is 12.0 Å². The van der Waals surface area contributed by atoms with Gasteiger partial charge in [-0.05, 0) is 61.7 Å². The van der Waals surface area contributed by atoms with E-state index in [1.165, 1.54) is 18.1 Å². The molecule has 0 saturated carbocycles. The van der Waals surface area contributed by atoms with Gasteiger partial charge < -0.3 is 19.4 Å². The fourth-order valence-electron chi connectivity index (χ4n) is 3.67. The second-order valence-electron chi connectivity index (χ2n) is 7.48. The van der Waals surface area contributed by atoms with Gasteiger partial charge >= 0.3 is 0 Å². The molecular weight excluding hydrogens is 380 g/mol. The second kappa shape index (κ2) is 8.45. The van der Waals surface area contributed by atoms with Crippen LogP contribution in [0.1, 0.15) is 33.5 Å². The van der Waals surface area contributed by atoms with Crippen LogP contribution in [0.5, 0.6) is 5.75 Å². The first-order valence-electron chi connectivity index (χ1n) is 9.98. The lowest BCUT2D eigenvalue weighted by Crippen LogP contribution is -2.28. The number of hydrogen-bond acceptors (Lipinski definition) is 4. The topological polar surface area (TPSA) is 71.8 Å². The van der Waals surface area contributed by atoms with Crippen molar-refractivity contribution in [3.05, 3.63) is 77.2 Å². The minimum Gasteiger partial charge on any atom is -0.493 e. The molecule has 0 radical (unpaired) electrons. The number of hydrogen-bond donors (Lipinski definition) is 1. The Balaban J connectivity index is 1.33. The van der Waals surface area contributed by atoms with Gasteiger partial charge in [-0.2, -0.15) is 0 Å². The molecule has 1 aliphatic rings. The molecule has 2 aromatic carbocycles. The van der Waals surface area contributed by atoms with Crippen LogP contribution in [0.25, 0.3) is 0 Å². The number of carbonyl (C=O) groups is 2. The summed E-state index contributed by atoms with van der Waals surface area (Å²) in [5.74, 6) is 0.611. The van der Waals surface area contributed by atoms with Crippen LogP contribution in [0, 0.1) is 13.8 Å². The highest BCUT2D eigenvalue weighted by Crippen LogP contribution is 2.31. The molecule has 4 rings (SSSR count). The Hall–Kier alpha value is -3.54. The predicted octanol–water partition coefficient (Wildman–Crippen LogP) is 4.51. The van der Waals surface area contributed by atoms with Crippen LogP contribution in [0.2, 0.25) is 0 Å². The maximum Gasteiger partial charge on any atom is 0.261 e. The maximum atomic E-state index is 12.6. The zero-order valence-corrected chi connectivity index (χ0v) is 17.1. The van der Waals surface area contributed by atoms with E-state index >= 15 is 0 Å². The fourth-order valence-corrected chi connectivity index (χ4v) is 3.67. The van der Waals surface area contributed by atoms with E-state index in [0.29, 0.717) is 18.7 Å². The van der Waals surface area contributed by atoms with E-state index in [0.717, 1.165) is 34.7 Å². The fraction of sp³-hybridized carbons (Fsp3) is 0.250. The van der Waals surface area contributed by atoms with Gasteiger partial charge in [0.25, 0.3) is 5.91 Å². The molecule has 2 heterocycles. The summed E-state index contributed by atoms with van der Waals surface area (Å²) in [6, 6.07) is 13.3. The number of aryl methyl sites for hydroxylation is 2. The first-order valence-corrected chi connectivity index (χ1v) is 9.98. The molecule has 1 aromatic heterocycles. The summed E-state index contributed by atoms with van der Waals surface area (Å²) < 4.78 is 10.8. The molecule has 1 aliphatic heterocycles. The third-order valence-corrected chi connectivity index (χ3v) is 5.19. The van der Waals surface area contributed by atoms with Gasteiger partial charge in [-0.15, -0.1) is 0 Å². The third kappa shape index (κ3) is 4.22. The molecule has 6 nitrogen and oxygen atoms in total. The Bertz CT molecular complexity index is 1070. The van der Waals surface area contributed by atoms with Crippen LogP contribution >= 0.6 is 0 Å². The molecule has 0 saturated heterocycles. The van der Waals surface area contributed by atoms with Crippen molar-refractivity contribution in [1.82, 2.24) is 0 Å². The smallest absolute Gasteiger partial charge is 0.261 e. The first-order chi connectivity index (χ1) is 14.5. The Labute approximate surface area is 175 Å². The van der Waals surface area contributed by atoms with Crippen molar-refractivity contribution in [2.45, 2.75) is 26.7 Å². The highest BCUT2D eigenvalue weighted by atomic mass is 16.5. The van der Waals surface area contributed by atoms with Gasteiger partial charge in [-0.3, -0.25) is 9.59 Å². The van der Waals surface area contributed by atoms with Gasteiger partial charge in [0.05, 0.1) is 24.9 Å². The SMILES string of the molecule is Cc1ccc(OCCC(=O)Nc2ccc3c(c2)CCN3C(=O)c2ccoc2)c(C)c1. The van der Waals surface area contributed by atoms with Crippen LogP contribution in [0.4, 0.5) is 11.4 Å². The summed E-state index contributed by atoms with van der Waals surface area (Å²) in [6.45, 7) is 4.95. The Kier molecular flexibility index (Phi) is 5.57. The summed E-state index contributed by atoms with van der Waals surface area (Å²) in [5.41, 5.74) is 5.41. The van der Waals surface area contributed by atoms with Gasteiger partial charge in [-0.1, -0.05) is 17.7 Å². The third-order valence-electron chi connectivity index (χ3n) is 5.19. The first kappa shape index (κ1) is 19.8. The van der Waals surface area contributed by atoms with Crippen molar-refractivity contribution in [3.63, 3.8) is 0 Å². The molecule has 3 aromatic rings. The normalized spacial score (nSPS) is 12.5. The van der Waals surface area contributed by atoms with Crippen molar-refractivity contribution in [1.29, 1.82) is 0 Å². The molecular formula is C24H24N2O4. The summed E-state index contributed by atoms with van der Waals surface area (Å²) in [4.78, 5) is 26.6. The summed E-state index contributed by atoms with van der Waals surface area (Å²) in [7, 11) is 0. The molecule has 0 atom stereocenters. The van der Waals surface area contributed by atoms with E-state index in [1.54, 1.807) is 11.0 Å². The summed E-state index contributed by atoms with van der Waals surface area (Å²) >= 11 is 0. The Morgan fingerprint density at radius 3 is 2.77 bits per heavy atom. The standard InChI is InChI=1S/C24H24N2O4/c1-16-3-6-22(17(2)13-16)30-12-9-23(27)25-20-4-5-21-18(14-20)7-10-26(21)24(28)19-8-11-29-15-19/h3-6,8,11,13-15H,7,9-10,12H2,1-2H3,(H,25,27). The monoisotopic (exact) mass is 404 g/mol. The number of furan rings is 1. The highest BCUT2D eigenvalue weighted by molar-refractivity contribution is 6.07. The van der Waals surface area contributed by atoms with Crippen molar-refractivity contribution in [3.8, 4) is 5.75 Å². The lowest BCUT2D eigenvalue weighted by molar-refractivity contribution is -0.116. The number of benzene rings is 2. The van der Waals surface area contributed by atoms with Gasteiger partial charge in [0, 0.05) is 17.9 Å². The second-order valence-corrected chi connectivity index (χ2v) is 7.48. The molecule has 30 heavy (non-hydrogen) atoms. The van der Waals surface area contributed by atoms with Crippen molar-refractivity contribution in [2.24, 2.45) is 0 Å². The maximum absolute atomic E-state index is 12.6. The quantitative estimate of drug-likeness (QED) is 0.656. The van der Waals surface area contributed by atoms with Crippen LogP contribution in [0.15, 0.2) is 59.4 Å². The zero-order chi connectivity index (χ0) is 21.1. The van der Waals surface area contributed by atoms with E-state index in [2.05, 4.69) is 11.4 Å². The molecule has 0 spiro atoms. The Morgan fingerprint density at radius 1 is 1.13 bits per heavy atom. The zero-order valence-electron chi connectivity index (χ0n) is 17.1. The van der Waals surface area contributed by atoms with Crippen molar-refractivity contribution < 1.29 is 18.7 Å². The lowest BCUT2D eigenvalue weighted by atomic mass is 10.1.